The predicted molar refractivity (Wildman–Crippen MR) is 231 cm³/mol. The van der Waals surface area contributed by atoms with Gasteiger partial charge in [-0.2, -0.15) is 39.5 Å². The van der Waals surface area contributed by atoms with Gasteiger partial charge in [-0.3, -0.25) is 0 Å². The standard InChI is InChI=1S/C17H17F3N2O.C16H15F3N2O.C15H13F3N2O/c1-2-3-4-5-12-10-21-17(22-11-12)13-6-8-14(9-7-13)23-16(20)15(18)19;1-2-3-4-11-9-20-16(21-10-11)12-5-7-13(8-6-12)22-15(19)14(17)18;1-2-3-10-8-19-15(20-9-10)11-4-6-12(7-5-11)21-14(18)13(16)17/h6-11H,2-5H2,1H3;5-10H,2-4H2,1H3;4-9H,2-3H2,1H3. The van der Waals surface area contributed by atoms with Crippen molar-refractivity contribution in [3.63, 3.8) is 0 Å². The molecule has 0 atom stereocenters. The van der Waals surface area contributed by atoms with Crippen LogP contribution in [0.15, 0.2) is 146 Å². The number of hydrogen-bond acceptors (Lipinski definition) is 9. The fraction of sp³-hybridized carbons (Fsp3) is 0.250. The highest BCUT2D eigenvalue weighted by Crippen LogP contribution is 2.26. The van der Waals surface area contributed by atoms with Crippen LogP contribution >= 0.6 is 0 Å². The first-order valence-electron chi connectivity index (χ1n) is 20.7. The van der Waals surface area contributed by atoms with E-state index in [9.17, 15) is 39.5 Å². The van der Waals surface area contributed by atoms with E-state index in [1.165, 1.54) is 42.8 Å². The van der Waals surface area contributed by atoms with E-state index in [0.717, 1.165) is 68.1 Å². The average Bonchev–Trinajstić information content (AvgIpc) is 3.33. The Kier molecular flexibility index (Phi) is 21.3. The van der Waals surface area contributed by atoms with Crippen molar-refractivity contribution in [3.05, 3.63) is 163 Å². The van der Waals surface area contributed by atoms with Crippen LogP contribution in [0.1, 0.15) is 76.0 Å². The third-order valence-electron chi connectivity index (χ3n) is 8.95. The smallest absolute Gasteiger partial charge is 0.344 e. The summed E-state index contributed by atoms with van der Waals surface area (Å²) in [6.45, 7) is 6.34. The average molecular weight is 925 g/mol. The van der Waals surface area contributed by atoms with Crippen molar-refractivity contribution in [2.75, 3.05) is 0 Å². The van der Waals surface area contributed by atoms with Gasteiger partial charge in [0.05, 0.1) is 0 Å². The molecule has 0 aliphatic heterocycles. The molecule has 0 unspecified atom stereocenters. The first-order valence-corrected chi connectivity index (χ1v) is 20.7. The zero-order valence-corrected chi connectivity index (χ0v) is 36.1. The van der Waals surface area contributed by atoms with Crippen molar-refractivity contribution in [1.82, 2.24) is 29.9 Å². The topological polar surface area (TPSA) is 105 Å². The Labute approximate surface area is 375 Å². The van der Waals surface area contributed by atoms with Gasteiger partial charge in [0.25, 0.3) is 0 Å². The molecule has 3 aromatic carbocycles. The van der Waals surface area contributed by atoms with Gasteiger partial charge in [-0.15, -0.1) is 0 Å². The van der Waals surface area contributed by atoms with E-state index in [1.807, 2.05) is 0 Å². The maximum absolute atomic E-state index is 12.7. The maximum Gasteiger partial charge on any atom is 0.344 e. The summed E-state index contributed by atoms with van der Waals surface area (Å²) in [6.07, 6.45) is 12.6. The summed E-state index contributed by atoms with van der Waals surface area (Å²) in [7, 11) is 0. The predicted octanol–water partition coefficient (Wildman–Crippen LogP) is 14.7. The normalized spacial score (nSPS) is 10.4. The molecular weight excluding hydrogens is 880 g/mol. The zero-order valence-electron chi connectivity index (χ0n) is 36.1. The molecule has 0 bridgehead atoms. The van der Waals surface area contributed by atoms with Gasteiger partial charge in [0.2, 0.25) is 0 Å². The second-order valence-corrected chi connectivity index (χ2v) is 14.0. The monoisotopic (exact) mass is 924 g/mol. The Balaban J connectivity index is 0.000000217. The Morgan fingerprint density at radius 3 is 0.879 bits per heavy atom. The van der Waals surface area contributed by atoms with Crippen LogP contribution in [0, 0.1) is 0 Å². The van der Waals surface area contributed by atoms with Crippen molar-refractivity contribution >= 4 is 0 Å². The molecule has 0 aliphatic carbocycles. The quantitative estimate of drug-likeness (QED) is 0.0473. The number of nitrogens with zero attached hydrogens (tertiary/aromatic N) is 6. The highest BCUT2D eigenvalue weighted by atomic mass is 19.3. The Morgan fingerprint density at radius 1 is 0.348 bits per heavy atom. The molecular formula is C48H45F9N6O3. The molecule has 0 saturated heterocycles. The van der Waals surface area contributed by atoms with Gasteiger partial charge in [-0.1, -0.05) is 46.5 Å². The van der Waals surface area contributed by atoms with Crippen molar-refractivity contribution < 1.29 is 53.7 Å². The summed E-state index contributed by atoms with van der Waals surface area (Å²) < 4.78 is 123. The molecule has 6 rings (SSSR count). The minimum Gasteiger partial charge on any atom is -0.428 e. The fourth-order valence-electron chi connectivity index (χ4n) is 5.59. The fourth-order valence-corrected chi connectivity index (χ4v) is 5.59. The van der Waals surface area contributed by atoms with Crippen molar-refractivity contribution in [3.8, 4) is 51.4 Å². The van der Waals surface area contributed by atoms with Crippen LogP contribution in [0.25, 0.3) is 34.2 Å². The lowest BCUT2D eigenvalue weighted by Gasteiger charge is -2.05. The molecule has 0 amide bonds. The summed E-state index contributed by atoms with van der Waals surface area (Å²) in [5.74, 6) is 1.48. The molecule has 3 heterocycles. The van der Waals surface area contributed by atoms with Gasteiger partial charge < -0.3 is 14.2 Å². The second kappa shape index (κ2) is 27.3. The van der Waals surface area contributed by atoms with E-state index in [4.69, 9.17) is 0 Å². The molecule has 0 radical (unpaired) electrons. The Hall–Kier alpha value is -7.11. The van der Waals surface area contributed by atoms with Crippen molar-refractivity contribution in [2.24, 2.45) is 0 Å². The third-order valence-corrected chi connectivity index (χ3v) is 8.95. The molecule has 0 saturated carbocycles. The van der Waals surface area contributed by atoms with Crippen LogP contribution in [0.2, 0.25) is 0 Å². The highest BCUT2D eigenvalue weighted by Gasteiger charge is 2.12. The van der Waals surface area contributed by atoms with Gasteiger partial charge in [0.15, 0.2) is 17.5 Å². The Morgan fingerprint density at radius 2 is 0.621 bits per heavy atom. The Bertz CT molecular complexity index is 2460. The van der Waals surface area contributed by atoms with Gasteiger partial charge in [-0.05, 0) is 122 Å². The van der Waals surface area contributed by atoms with Crippen molar-refractivity contribution in [2.45, 2.75) is 78.6 Å². The zero-order chi connectivity index (χ0) is 47.8. The molecule has 0 fully saturated rings. The summed E-state index contributed by atoms with van der Waals surface area (Å²) in [6, 6.07) is 12.1. The van der Waals surface area contributed by atoms with Crippen LogP contribution in [-0.2, 0) is 19.3 Å². The number of rotatable bonds is 18. The number of halogens is 9. The molecule has 66 heavy (non-hydrogen) atoms. The summed E-state index contributed by atoms with van der Waals surface area (Å²) in [5, 5.41) is 0. The van der Waals surface area contributed by atoms with Crippen LogP contribution < -0.4 is 14.2 Å². The summed E-state index contributed by atoms with van der Waals surface area (Å²) in [5.41, 5.74) is 5.27. The van der Waals surface area contributed by atoms with Crippen LogP contribution in [0.4, 0.5) is 39.5 Å². The first-order chi connectivity index (χ1) is 31.8. The van der Waals surface area contributed by atoms with E-state index in [1.54, 1.807) is 73.6 Å². The van der Waals surface area contributed by atoms with E-state index in [-0.39, 0.29) is 17.2 Å². The maximum atomic E-state index is 12.7. The SMILES string of the molecule is CCCCCc1cnc(-c2ccc(OC(F)=C(F)F)cc2)nc1.CCCCc1cnc(-c2ccc(OC(F)=C(F)F)cc2)nc1.CCCc1cnc(-c2ccc(OC(F)=C(F)F)cc2)nc1. The van der Waals surface area contributed by atoms with Gasteiger partial charge >= 0.3 is 36.3 Å². The van der Waals surface area contributed by atoms with Gasteiger partial charge in [0, 0.05) is 53.9 Å². The summed E-state index contributed by atoms with van der Waals surface area (Å²) in [4.78, 5) is 25.6. The highest BCUT2D eigenvalue weighted by molar-refractivity contribution is 5.57. The minimum atomic E-state index is -2.49. The lowest BCUT2D eigenvalue weighted by molar-refractivity contribution is 0.241. The number of benzene rings is 3. The number of unbranched alkanes of at least 4 members (excludes halogenated alkanes) is 3. The molecule has 6 aromatic rings. The lowest BCUT2D eigenvalue weighted by atomic mass is 10.1. The third kappa shape index (κ3) is 17.5. The van der Waals surface area contributed by atoms with E-state index in [2.05, 4.69) is 64.9 Å². The molecule has 18 heteroatoms. The molecule has 9 nitrogen and oxygen atoms in total. The van der Waals surface area contributed by atoms with Crippen LogP contribution in [-0.4, -0.2) is 29.9 Å². The van der Waals surface area contributed by atoms with E-state index in [0.29, 0.717) is 34.2 Å². The summed E-state index contributed by atoms with van der Waals surface area (Å²) >= 11 is 0. The molecule has 348 valence electrons. The largest absolute Gasteiger partial charge is 0.428 e. The number of ether oxygens (including phenoxy) is 3. The van der Waals surface area contributed by atoms with Gasteiger partial charge in [0.1, 0.15) is 17.2 Å². The second-order valence-electron chi connectivity index (χ2n) is 14.0. The number of aryl methyl sites for hydroxylation is 3. The van der Waals surface area contributed by atoms with E-state index < -0.39 is 36.3 Å². The van der Waals surface area contributed by atoms with Crippen LogP contribution in [0.3, 0.4) is 0 Å². The number of aromatic nitrogens is 6. The molecule has 0 aliphatic rings. The van der Waals surface area contributed by atoms with Crippen molar-refractivity contribution in [1.29, 1.82) is 0 Å². The lowest BCUT2D eigenvalue weighted by Crippen LogP contribution is -1.94. The first kappa shape index (κ1) is 51.5. The molecule has 0 spiro atoms. The molecule has 3 aromatic heterocycles. The minimum absolute atomic E-state index is 0.0183. The molecule has 0 N–H and O–H groups in total. The van der Waals surface area contributed by atoms with E-state index >= 15 is 0 Å². The number of hydrogen-bond donors (Lipinski definition) is 0. The van der Waals surface area contributed by atoms with Gasteiger partial charge in [-0.25, -0.2) is 29.9 Å². The van der Waals surface area contributed by atoms with Crippen LogP contribution in [0.5, 0.6) is 17.2 Å².